The van der Waals surface area contributed by atoms with Crippen molar-refractivity contribution in [1.82, 2.24) is 24.6 Å². The summed E-state index contributed by atoms with van der Waals surface area (Å²) < 4.78 is 15.6. The highest BCUT2D eigenvalue weighted by Gasteiger charge is 2.24. The summed E-state index contributed by atoms with van der Waals surface area (Å²) in [6.45, 7) is 4.48. The average Bonchev–Trinajstić information content (AvgIpc) is 3.25. The van der Waals surface area contributed by atoms with Gasteiger partial charge in [-0.15, -0.1) is 0 Å². The van der Waals surface area contributed by atoms with Gasteiger partial charge in [-0.3, -0.25) is 4.79 Å². The molecule has 0 spiro atoms. The van der Waals surface area contributed by atoms with Gasteiger partial charge in [0.1, 0.15) is 18.0 Å². The molecule has 0 aliphatic carbocycles. The highest BCUT2D eigenvalue weighted by molar-refractivity contribution is 5.97. The van der Waals surface area contributed by atoms with Gasteiger partial charge in [-0.25, -0.2) is 9.67 Å². The third-order valence-corrected chi connectivity index (χ3v) is 5.56. The first-order valence-electron chi connectivity index (χ1n) is 10.2. The number of aromatic nitrogens is 4. The Bertz CT molecular complexity index is 835. The molecule has 1 fully saturated rings. The molecule has 0 radical (unpaired) electrons. The van der Waals surface area contributed by atoms with Gasteiger partial charge in [-0.2, -0.15) is 5.10 Å². The van der Waals surface area contributed by atoms with Crippen LogP contribution in [0.15, 0.2) is 6.20 Å². The lowest BCUT2D eigenvalue weighted by molar-refractivity contribution is -0.0128. The Balaban J connectivity index is 1.42. The number of aryl methyl sites for hydroxylation is 3. The first-order valence-corrected chi connectivity index (χ1v) is 10.2. The van der Waals surface area contributed by atoms with Crippen molar-refractivity contribution in [3.8, 4) is 5.88 Å². The van der Waals surface area contributed by atoms with Crippen LogP contribution in [-0.2, 0) is 31.3 Å². The van der Waals surface area contributed by atoms with Crippen molar-refractivity contribution in [3.63, 3.8) is 0 Å². The fourth-order valence-corrected chi connectivity index (χ4v) is 4.05. The molecule has 2 aromatic rings. The average molecular weight is 387 g/mol. The molecule has 4 rings (SSSR count). The van der Waals surface area contributed by atoms with Gasteiger partial charge in [0.2, 0.25) is 5.88 Å². The van der Waals surface area contributed by atoms with Crippen molar-refractivity contribution < 1.29 is 14.3 Å². The van der Waals surface area contributed by atoms with E-state index < -0.39 is 0 Å². The Labute approximate surface area is 165 Å². The molecule has 1 unspecified atom stereocenters. The summed E-state index contributed by atoms with van der Waals surface area (Å²) in [5.41, 5.74) is 2.20. The number of imidazole rings is 1. The molecule has 0 bridgehead atoms. The Morgan fingerprint density at radius 1 is 1.36 bits per heavy atom. The summed E-state index contributed by atoms with van der Waals surface area (Å²) in [4.78, 5) is 17.4. The first kappa shape index (κ1) is 19.0. The van der Waals surface area contributed by atoms with E-state index in [4.69, 9.17) is 9.47 Å². The number of carbonyl (C=O) groups excluding carboxylic acids is 1. The van der Waals surface area contributed by atoms with Crippen LogP contribution in [0.25, 0.3) is 0 Å². The van der Waals surface area contributed by atoms with E-state index in [-0.39, 0.29) is 12.0 Å². The minimum atomic E-state index is -0.170. The predicted molar refractivity (Wildman–Crippen MR) is 103 cm³/mol. The number of nitrogens with zero attached hydrogens (tertiary/aromatic N) is 4. The zero-order valence-corrected chi connectivity index (χ0v) is 16.7. The lowest BCUT2D eigenvalue weighted by atomic mass is 10.1. The maximum Gasteiger partial charge on any atom is 0.259 e. The summed E-state index contributed by atoms with van der Waals surface area (Å²) in [6.07, 6.45) is 8.56. The minimum absolute atomic E-state index is 0.0817. The van der Waals surface area contributed by atoms with Crippen LogP contribution in [0.5, 0.6) is 5.88 Å². The van der Waals surface area contributed by atoms with Gasteiger partial charge in [-0.1, -0.05) is 0 Å². The van der Waals surface area contributed by atoms with Crippen LogP contribution in [0.3, 0.4) is 0 Å². The molecule has 8 heteroatoms. The number of nitrogens with one attached hydrogen (secondary N) is 1. The van der Waals surface area contributed by atoms with Gasteiger partial charge in [-0.05, 0) is 39.0 Å². The van der Waals surface area contributed by atoms with Crippen molar-refractivity contribution in [2.75, 3.05) is 13.2 Å². The minimum Gasteiger partial charge on any atom is -0.475 e. The number of amides is 1. The van der Waals surface area contributed by atoms with E-state index in [0.29, 0.717) is 30.3 Å². The molecule has 4 heterocycles. The van der Waals surface area contributed by atoms with Crippen LogP contribution in [0.2, 0.25) is 0 Å². The number of rotatable bonds is 6. The van der Waals surface area contributed by atoms with E-state index in [1.165, 1.54) is 6.42 Å². The number of fused-ring (bicyclic) bond motifs is 1. The summed E-state index contributed by atoms with van der Waals surface area (Å²) >= 11 is 0. The van der Waals surface area contributed by atoms with Crippen molar-refractivity contribution in [2.45, 2.75) is 64.6 Å². The Morgan fingerprint density at radius 3 is 3.07 bits per heavy atom. The van der Waals surface area contributed by atoms with Gasteiger partial charge < -0.3 is 19.4 Å². The first-order chi connectivity index (χ1) is 13.6. The van der Waals surface area contributed by atoms with E-state index in [1.54, 1.807) is 11.7 Å². The van der Waals surface area contributed by atoms with Crippen LogP contribution in [0.4, 0.5) is 0 Å². The Hall–Kier alpha value is -2.35. The van der Waals surface area contributed by atoms with Crippen LogP contribution < -0.4 is 10.1 Å². The van der Waals surface area contributed by atoms with E-state index in [0.717, 1.165) is 56.8 Å². The molecule has 2 aliphatic heterocycles. The highest BCUT2D eigenvalue weighted by Crippen LogP contribution is 2.23. The van der Waals surface area contributed by atoms with E-state index in [2.05, 4.69) is 20.0 Å². The predicted octanol–water partition coefficient (Wildman–Crippen LogP) is 2.14. The van der Waals surface area contributed by atoms with E-state index in [9.17, 15) is 4.79 Å². The maximum absolute atomic E-state index is 12.9. The van der Waals surface area contributed by atoms with Crippen molar-refractivity contribution in [2.24, 2.45) is 7.05 Å². The monoisotopic (exact) mass is 387 g/mol. The van der Waals surface area contributed by atoms with Gasteiger partial charge in [0, 0.05) is 26.6 Å². The third-order valence-electron chi connectivity index (χ3n) is 5.56. The molecule has 0 aromatic carbocycles. The molecule has 152 valence electrons. The van der Waals surface area contributed by atoms with Crippen molar-refractivity contribution in [3.05, 3.63) is 29.0 Å². The molecular weight excluding hydrogens is 358 g/mol. The number of hydrogen-bond acceptors (Lipinski definition) is 5. The quantitative estimate of drug-likeness (QED) is 0.821. The second kappa shape index (κ2) is 8.34. The molecule has 1 saturated heterocycles. The summed E-state index contributed by atoms with van der Waals surface area (Å²) in [5.74, 6) is 1.44. The van der Waals surface area contributed by atoms with Gasteiger partial charge in [0.05, 0.1) is 30.2 Å². The second-order valence-corrected chi connectivity index (χ2v) is 7.65. The standard InChI is InChI=1S/C20H29N5O3/c1-14-18(20(24(2)23-14)28-13-16-7-4-6-10-27-16)19(26)22-12-15-11-21-17-8-3-5-9-25(15)17/h11,16H,3-10,12-13H2,1-2H3,(H,22,26). The molecule has 1 N–H and O–H groups in total. The topological polar surface area (TPSA) is 83.2 Å². The van der Waals surface area contributed by atoms with E-state index in [1.807, 2.05) is 13.1 Å². The lowest BCUT2D eigenvalue weighted by Crippen LogP contribution is -2.28. The Kier molecular flexibility index (Phi) is 5.66. The zero-order valence-electron chi connectivity index (χ0n) is 16.7. The summed E-state index contributed by atoms with van der Waals surface area (Å²) in [6, 6.07) is 0. The Morgan fingerprint density at radius 2 is 2.25 bits per heavy atom. The molecule has 2 aromatic heterocycles. The van der Waals surface area contributed by atoms with Crippen molar-refractivity contribution >= 4 is 5.91 Å². The molecular formula is C20H29N5O3. The lowest BCUT2D eigenvalue weighted by Gasteiger charge is -2.22. The van der Waals surface area contributed by atoms with Crippen LogP contribution in [0.1, 0.15) is 59.7 Å². The van der Waals surface area contributed by atoms with Gasteiger partial charge in [0.15, 0.2) is 0 Å². The number of carbonyl (C=O) groups is 1. The molecule has 1 amide bonds. The van der Waals surface area contributed by atoms with Crippen molar-refractivity contribution in [1.29, 1.82) is 0 Å². The number of ether oxygens (including phenoxy) is 2. The molecule has 1 atom stereocenters. The largest absolute Gasteiger partial charge is 0.475 e. The highest BCUT2D eigenvalue weighted by atomic mass is 16.5. The molecule has 0 saturated carbocycles. The smallest absolute Gasteiger partial charge is 0.259 e. The number of hydrogen-bond donors (Lipinski definition) is 1. The second-order valence-electron chi connectivity index (χ2n) is 7.65. The van der Waals surface area contributed by atoms with Crippen LogP contribution in [-0.4, -0.2) is 44.6 Å². The normalized spacial score (nSPS) is 19.3. The summed E-state index contributed by atoms with van der Waals surface area (Å²) in [7, 11) is 1.80. The molecule has 2 aliphatic rings. The third kappa shape index (κ3) is 3.92. The zero-order chi connectivity index (χ0) is 19.5. The van der Waals surface area contributed by atoms with E-state index >= 15 is 0 Å². The molecule has 28 heavy (non-hydrogen) atoms. The van der Waals surface area contributed by atoms with Crippen LogP contribution in [0, 0.1) is 6.92 Å². The SMILES string of the molecule is Cc1nn(C)c(OCC2CCCCO2)c1C(=O)NCc1cnc2n1CCCC2. The summed E-state index contributed by atoms with van der Waals surface area (Å²) in [5, 5.41) is 7.40. The van der Waals surface area contributed by atoms with Gasteiger partial charge >= 0.3 is 0 Å². The fourth-order valence-electron chi connectivity index (χ4n) is 4.05. The molecule has 8 nitrogen and oxygen atoms in total. The maximum atomic E-state index is 12.9. The fraction of sp³-hybridized carbons (Fsp3) is 0.650. The van der Waals surface area contributed by atoms with Gasteiger partial charge in [0.25, 0.3) is 5.91 Å². The van der Waals surface area contributed by atoms with Crippen LogP contribution >= 0.6 is 0 Å².